The summed E-state index contributed by atoms with van der Waals surface area (Å²) in [7, 11) is 3.28. The molecule has 0 aliphatic rings. The normalized spacial score (nSPS) is 12.6. The van der Waals surface area contributed by atoms with E-state index in [1.807, 2.05) is 6.07 Å². The first kappa shape index (κ1) is 78.7. The van der Waals surface area contributed by atoms with Crippen molar-refractivity contribution in [2.24, 2.45) is 5.92 Å². The van der Waals surface area contributed by atoms with E-state index in [1.54, 1.807) is 67.9 Å². The molecule has 0 spiro atoms. The van der Waals surface area contributed by atoms with Gasteiger partial charge < -0.3 is 106 Å². The van der Waals surface area contributed by atoms with Crippen molar-refractivity contribution in [2.75, 3.05) is 237 Å². The second-order valence-corrected chi connectivity index (χ2v) is 20.4. The summed E-state index contributed by atoms with van der Waals surface area (Å²) in [6, 6.07) is 3.57. The number of anilines is 1. The van der Waals surface area contributed by atoms with Gasteiger partial charge >= 0.3 is 6.09 Å². The molecule has 0 aliphatic carbocycles. The topological polar surface area (TPSA) is 268 Å². The fourth-order valence-electron chi connectivity index (χ4n) is 7.42. The standard InChI is InChI=1S/C59H110N4O21/c1-50(2)55(62-58(67)84-59(4,5)6)57(66)60-51(3)56(65)61-54-14-13-53(49-64)52(48-54)12-9-15-63(16-10-18-70-24-26-74-32-34-78-40-42-82-46-44-80-38-36-76-30-28-72-22-20-68-7)17-11-19-71-25-27-75-33-35-79-41-43-83-47-45-81-39-37-77-31-29-73-23-21-69-8/h13-14,48,50-51,55,64H,9-12,15-47,49H2,1-8H3,(H,60,66)(H,61,65)(H,62,67)/t51-,55-/m0/s1. The third kappa shape index (κ3) is 48.8. The number of aryl methyl sites for hydroxylation is 1. The summed E-state index contributed by atoms with van der Waals surface area (Å²) in [6.07, 6.45) is 2.37. The minimum absolute atomic E-state index is 0.155. The van der Waals surface area contributed by atoms with Crippen LogP contribution in [0.25, 0.3) is 0 Å². The molecular weight excluding hydrogens is 1100 g/mol. The molecule has 0 unspecified atom stereocenters. The molecule has 84 heavy (non-hydrogen) atoms. The highest BCUT2D eigenvalue weighted by Crippen LogP contribution is 2.19. The zero-order valence-corrected chi connectivity index (χ0v) is 52.4. The molecular formula is C59H110N4O21. The van der Waals surface area contributed by atoms with Gasteiger partial charge in [-0.25, -0.2) is 4.79 Å². The summed E-state index contributed by atoms with van der Waals surface area (Å²) in [5.41, 5.74) is 1.47. The average molecular weight is 1210 g/mol. The van der Waals surface area contributed by atoms with Crippen molar-refractivity contribution < 1.29 is 100 Å². The quantitative estimate of drug-likeness (QED) is 0.0677. The van der Waals surface area contributed by atoms with Crippen LogP contribution in [0.1, 0.15) is 71.9 Å². The lowest BCUT2D eigenvalue weighted by Gasteiger charge is -2.26. The maximum absolute atomic E-state index is 13.3. The number of hydrogen-bond acceptors (Lipinski definition) is 22. The Hall–Kier alpha value is -3.29. The fraction of sp³-hybridized carbons (Fsp3) is 0.847. The number of alkyl carbamates (subject to hydrolysis) is 1. The van der Waals surface area contributed by atoms with Crippen molar-refractivity contribution in [3.05, 3.63) is 29.3 Å². The number of nitrogens with one attached hydrogen (secondary N) is 3. The van der Waals surface area contributed by atoms with Crippen LogP contribution < -0.4 is 16.0 Å². The van der Waals surface area contributed by atoms with Crippen LogP contribution in [-0.4, -0.2) is 278 Å². The molecule has 2 atom stereocenters. The second-order valence-electron chi connectivity index (χ2n) is 20.4. The molecule has 0 fully saturated rings. The summed E-state index contributed by atoms with van der Waals surface area (Å²) < 4.78 is 93.3. The molecule has 1 aromatic rings. The van der Waals surface area contributed by atoms with E-state index in [0.29, 0.717) is 210 Å². The number of aliphatic hydroxyl groups excluding tert-OH is 1. The minimum atomic E-state index is -0.912. The van der Waals surface area contributed by atoms with Gasteiger partial charge in [0.05, 0.1) is 192 Å². The summed E-state index contributed by atoms with van der Waals surface area (Å²) in [6.45, 7) is 27.7. The predicted octanol–water partition coefficient (Wildman–Crippen LogP) is 3.71. The zero-order valence-electron chi connectivity index (χ0n) is 52.4. The Labute approximate surface area is 501 Å². The number of aliphatic hydroxyl groups is 1. The van der Waals surface area contributed by atoms with E-state index in [1.165, 1.54) is 0 Å². The summed E-state index contributed by atoms with van der Waals surface area (Å²) in [4.78, 5) is 41.4. The van der Waals surface area contributed by atoms with Crippen LogP contribution in [0.4, 0.5) is 10.5 Å². The van der Waals surface area contributed by atoms with E-state index >= 15 is 0 Å². The van der Waals surface area contributed by atoms with Crippen LogP contribution >= 0.6 is 0 Å². The lowest BCUT2D eigenvalue weighted by Crippen LogP contribution is -2.54. The number of rotatable bonds is 61. The molecule has 3 amide bonds. The number of amides is 3. The Kier molecular flexibility index (Phi) is 52.7. The van der Waals surface area contributed by atoms with Crippen LogP contribution in [0.5, 0.6) is 0 Å². The Bertz CT molecular complexity index is 1630. The third-order valence-electron chi connectivity index (χ3n) is 11.8. The van der Waals surface area contributed by atoms with Crippen molar-refractivity contribution in [1.82, 2.24) is 15.5 Å². The van der Waals surface area contributed by atoms with Crippen LogP contribution in [0.3, 0.4) is 0 Å². The molecule has 0 saturated carbocycles. The van der Waals surface area contributed by atoms with E-state index in [4.69, 9.17) is 80.5 Å². The maximum Gasteiger partial charge on any atom is 0.408 e. The minimum Gasteiger partial charge on any atom is -0.444 e. The Morgan fingerprint density at radius 3 is 1.11 bits per heavy atom. The summed E-state index contributed by atoms with van der Waals surface area (Å²) in [5, 5.41) is 18.5. The number of methoxy groups -OCH3 is 2. The first-order valence-corrected chi connectivity index (χ1v) is 29.9. The first-order valence-electron chi connectivity index (χ1n) is 29.9. The van der Waals surface area contributed by atoms with E-state index in [-0.39, 0.29) is 12.5 Å². The number of carbonyl (C=O) groups is 3. The van der Waals surface area contributed by atoms with E-state index in [0.717, 1.165) is 50.0 Å². The number of benzene rings is 1. The number of ether oxygens (including phenoxy) is 17. The number of carbonyl (C=O) groups excluding carboxylic acids is 3. The number of hydrogen-bond donors (Lipinski definition) is 4. The summed E-state index contributed by atoms with van der Waals surface area (Å²) in [5.74, 6) is -1.20. The van der Waals surface area contributed by atoms with Gasteiger partial charge in [-0.1, -0.05) is 19.9 Å². The van der Waals surface area contributed by atoms with Gasteiger partial charge in [-0.2, -0.15) is 0 Å². The molecule has 0 saturated heterocycles. The van der Waals surface area contributed by atoms with Gasteiger partial charge in [0.15, 0.2) is 0 Å². The molecule has 0 bridgehead atoms. The molecule has 1 aromatic carbocycles. The molecule has 0 heterocycles. The smallest absolute Gasteiger partial charge is 0.408 e. The molecule has 1 rings (SSSR count). The number of nitrogens with zero attached hydrogens (tertiary/aromatic N) is 1. The van der Waals surface area contributed by atoms with Crippen LogP contribution in [0, 0.1) is 5.92 Å². The van der Waals surface area contributed by atoms with Crippen molar-refractivity contribution in [3.8, 4) is 0 Å². The monoisotopic (exact) mass is 1210 g/mol. The van der Waals surface area contributed by atoms with Gasteiger partial charge in [0.25, 0.3) is 0 Å². The Morgan fingerprint density at radius 2 is 0.786 bits per heavy atom. The van der Waals surface area contributed by atoms with Gasteiger partial charge in [-0.15, -0.1) is 0 Å². The van der Waals surface area contributed by atoms with E-state index in [9.17, 15) is 19.5 Å². The van der Waals surface area contributed by atoms with Crippen molar-refractivity contribution in [2.45, 2.75) is 91.5 Å². The Balaban J connectivity index is 2.48. The largest absolute Gasteiger partial charge is 0.444 e. The van der Waals surface area contributed by atoms with E-state index in [2.05, 4.69) is 20.9 Å². The molecule has 0 aliphatic heterocycles. The van der Waals surface area contributed by atoms with Gasteiger partial charge in [0, 0.05) is 46.2 Å². The molecule has 0 radical (unpaired) electrons. The van der Waals surface area contributed by atoms with Gasteiger partial charge in [0.1, 0.15) is 17.7 Å². The molecule has 25 nitrogen and oxygen atoms in total. The molecule has 25 heteroatoms. The fourth-order valence-corrected chi connectivity index (χ4v) is 7.42. The van der Waals surface area contributed by atoms with Crippen LogP contribution in [0.15, 0.2) is 18.2 Å². The molecule has 0 aromatic heterocycles. The Morgan fingerprint density at radius 1 is 0.452 bits per heavy atom. The highest BCUT2D eigenvalue weighted by Gasteiger charge is 2.29. The van der Waals surface area contributed by atoms with Gasteiger partial charge in [0.2, 0.25) is 11.8 Å². The predicted molar refractivity (Wildman–Crippen MR) is 316 cm³/mol. The second kappa shape index (κ2) is 56.2. The highest BCUT2D eigenvalue weighted by molar-refractivity contribution is 5.98. The average Bonchev–Trinajstić information content (AvgIpc) is 3.54. The zero-order chi connectivity index (χ0) is 61.4. The van der Waals surface area contributed by atoms with E-state index < -0.39 is 35.6 Å². The first-order chi connectivity index (χ1) is 40.8. The third-order valence-corrected chi connectivity index (χ3v) is 11.8. The van der Waals surface area contributed by atoms with Crippen molar-refractivity contribution in [3.63, 3.8) is 0 Å². The maximum atomic E-state index is 13.3. The SMILES string of the molecule is COCCOCCOCCOCCOCCOCCOCCOCCCN(CCCOCCOCCOCCOCCOCCOCCOCCOC)CCCc1cc(NC(=O)[C@H](C)NC(=O)[C@@H](NC(=O)OC(C)(C)C)C(C)C)ccc1CO. The van der Waals surface area contributed by atoms with Crippen molar-refractivity contribution in [1.29, 1.82) is 0 Å². The highest BCUT2D eigenvalue weighted by atomic mass is 16.6. The van der Waals surface area contributed by atoms with Crippen molar-refractivity contribution >= 4 is 23.6 Å². The lowest BCUT2D eigenvalue weighted by molar-refractivity contribution is -0.128. The van der Waals surface area contributed by atoms with Crippen LogP contribution in [-0.2, 0) is 103 Å². The molecule has 492 valence electrons. The van der Waals surface area contributed by atoms with Gasteiger partial charge in [-0.3, -0.25) is 9.59 Å². The summed E-state index contributed by atoms with van der Waals surface area (Å²) >= 11 is 0. The lowest BCUT2D eigenvalue weighted by atomic mass is 10.0. The van der Waals surface area contributed by atoms with Crippen LogP contribution in [0.2, 0.25) is 0 Å². The molecule has 4 N–H and O–H groups in total. The van der Waals surface area contributed by atoms with Gasteiger partial charge in [-0.05, 0) is 89.1 Å².